The number of carbonyl (C=O) groups excluding carboxylic acids is 1. The van der Waals surface area contributed by atoms with Crippen LogP contribution in [0.5, 0.6) is 0 Å². The molecule has 4 nitrogen and oxygen atoms in total. The molecule has 0 aromatic rings. The molecule has 0 aliphatic carbocycles. The maximum atomic E-state index is 11.5. The molecular formula is C12H22N2O2. The SMILES string of the molecule is COC(=O)C(C)C(C)N1CC2CNCC2C1. The molecule has 2 fully saturated rings. The maximum absolute atomic E-state index is 11.5. The second-order valence-corrected chi connectivity index (χ2v) is 5.18. The number of esters is 1. The molecule has 0 bridgehead atoms. The highest BCUT2D eigenvalue weighted by atomic mass is 16.5. The standard InChI is InChI=1S/C12H22N2O2/c1-8(12(15)16-3)9(2)14-6-10-4-13-5-11(10)7-14/h8-11,13H,4-7H2,1-3H3. The van der Waals surface area contributed by atoms with Crippen LogP contribution >= 0.6 is 0 Å². The van der Waals surface area contributed by atoms with Crippen LogP contribution in [-0.4, -0.2) is 50.2 Å². The lowest BCUT2D eigenvalue weighted by molar-refractivity contribution is -0.146. The van der Waals surface area contributed by atoms with Crippen molar-refractivity contribution in [3.8, 4) is 0 Å². The lowest BCUT2D eigenvalue weighted by atomic mass is 10.0. The Hall–Kier alpha value is -0.610. The number of nitrogens with one attached hydrogen (secondary N) is 1. The van der Waals surface area contributed by atoms with Gasteiger partial charge in [-0.1, -0.05) is 6.92 Å². The Morgan fingerprint density at radius 3 is 2.38 bits per heavy atom. The molecular weight excluding hydrogens is 204 g/mol. The summed E-state index contributed by atoms with van der Waals surface area (Å²) in [7, 11) is 1.47. The third-order valence-corrected chi connectivity index (χ3v) is 4.29. The smallest absolute Gasteiger partial charge is 0.309 e. The van der Waals surface area contributed by atoms with Crippen LogP contribution in [0.4, 0.5) is 0 Å². The summed E-state index contributed by atoms with van der Waals surface area (Å²) in [6.07, 6.45) is 0. The van der Waals surface area contributed by atoms with Gasteiger partial charge in [-0.15, -0.1) is 0 Å². The number of nitrogens with zero attached hydrogens (tertiary/aromatic N) is 1. The van der Waals surface area contributed by atoms with Gasteiger partial charge in [0, 0.05) is 19.1 Å². The van der Waals surface area contributed by atoms with E-state index in [0.717, 1.165) is 38.0 Å². The van der Waals surface area contributed by atoms with E-state index in [1.807, 2.05) is 6.92 Å². The zero-order chi connectivity index (χ0) is 11.7. The van der Waals surface area contributed by atoms with Crippen molar-refractivity contribution in [2.24, 2.45) is 17.8 Å². The minimum absolute atomic E-state index is 0.0308. The first-order chi connectivity index (χ1) is 7.63. The second-order valence-electron chi connectivity index (χ2n) is 5.18. The Balaban J connectivity index is 1.91. The van der Waals surface area contributed by atoms with Gasteiger partial charge < -0.3 is 10.1 Å². The topological polar surface area (TPSA) is 41.6 Å². The van der Waals surface area contributed by atoms with Gasteiger partial charge in [0.05, 0.1) is 13.0 Å². The number of methoxy groups -OCH3 is 1. The molecule has 2 aliphatic rings. The molecule has 2 saturated heterocycles. The van der Waals surface area contributed by atoms with Crippen molar-refractivity contribution in [3.63, 3.8) is 0 Å². The summed E-state index contributed by atoms with van der Waals surface area (Å²) >= 11 is 0. The fraction of sp³-hybridized carbons (Fsp3) is 0.917. The maximum Gasteiger partial charge on any atom is 0.309 e. The van der Waals surface area contributed by atoms with Gasteiger partial charge in [-0.2, -0.15) is 0 Å². The van der Waals surface area contributed by atoms with Gasteiger partial charge in [0.1, 0.15) is 0 Å². The number of rotatable bonds is 3. The Labute approximate surface area is 97.3 Å². The van der Waals surface area contributed by atoms with E-state index in [4.69, 9.17) is 4.74 Å². The largest absolute Gasteiger partial charge is 0.469 e. The highest BCUT2D eigenvalue weighted by Crippen LogP contribution is 2.29. The molecule has 0 aromatic carbocycles. The second kappa shape index (κ2) is 4.72. The highest BCUT2D eigenvalue weighted by molar-refractivity contribution is 5.72. The number of hydrogen-bond donors (Lipinski definition) is 1. The minimum atomic E-state index is -0.0947. The monoisotopic (exact) mass is 226 g/mol. The van der Waals surface area contributed by atoms with Crippen LogP contribution in [0, 0.1) is 17.8 Å². The first-order valence-corrected chi connectivity index (χ1v) is 6.16. The van der Waals surface area contributed by atoms with Crippen LogP contribution in [0.15, 0.2) is 0 Å². The molecule has 2 aliphatic heterocycles. The quantitative estimate of drug-likeness (QED) is 0.704. The fourth-order valence-corrected chi connectivity index (χ4v) is 2.92. The zero-order valence-electron chi connectivity index (χ0n) is 10.4. The Morgan fingerprint density at radius 1 is 1.31 bits per heavy atom. The van der Waals surface area contributed by atoms with Crippen molar-refractivity contribution in [2.45, 2.75) is 19.9 Å². The third kappa shape index (κ3) is 2.09. The molecule has 0 spiro atoms. The van der Waals surface area contributed by atoms with Crippen molar-refractivity contribution >= 4 is 5.97 Å². The van der Waals surface area contributed by atoms with E-state index < -0.39 is 0 Å². The molecule has 0 amide bonds. The summed E-state index contributed by atoms with van der Waals surface area (Å²) in [6, 6.07) is 0.290. The first kappa shape index (κ1) is 11.9. The normalized spacial score (nSPS) is 33.4. The van der Waals surface area contributed by atoms with Gasteiger partial charge in [0.15, 0.2) is 0 Å². The molecule has 2 heterocycles. The number of likely N-dealkylation sites (tertiary alicyclic amines) is 1. The van der Waals surface area contributed by atoms with Gasteiger partial charge >= 0.3 is 5.97 Å². The summed E-state index contributed by atoms with van der Waals surface area (Å²) < 4.78 is 4.81. The van der Waals surface area contributed by atoms with Crippen molar-refractivity contribution in [1.29, 1.82) is 0 Å². The van der Waals surface area contributed by atoms with E-state index in [1.165, 1.54) is 7.11 Å². The van der Waals surface area contributed by atoms with Crippen molar-refractivity contribution < 1.29 is 9.53 Å². The fourth-order valence-electron chi connectivity index (χ4n) is 2.92. The van der Waals surface area contributed by atoms with Gasteiger partial charge in [-0.3, -0.25) is 9.69 Å². The summed E-state index contributed by atoms with van der Waals surface area (Å²) in [5.74, 6) is 1.44. The molecule has 1 N–H and O–H groups in total. The number of carbonyl (C=O) groups is 1. The molecule has 2 rings (SSSR count). The van der Waals surface area contributed by atoms with Crippen molar-refractivity contribution in [1.82, 2.24) is 10.2 Å². The molecule has 4 unspecified atom stereocenters. The number of hydrogen-bond acceptors (Lipinski definition) is 4. The van der Waals surface area contributed by atoms with Crippen LogP contribution in [0.25, 0.3) is 0 Å². The zero-order valence-corrected chi connectivity index (χ0v) is 10.4. The molecule has 0 radical (unpaired) electrons. The average Bonchev–Trinajstić information content (AvgIpc) is 2.85. The van der Waals surface area contributed by atoms with E-state index in [-0.39, 0.29) is 17.9 Å². The van der Waals surface area contributed by atoms with Gasteiger partial charge in [-0.05, 0) is 31.8 Å². The van der Waals surface area contributed by atoms with Crippen LogP contribution in [0.1, 0.15) is 13.8 Å². The van der Waals surface area contributed by atoms with E-state index >= 15 is 0 Å². The minimum Gasteiger partial charge on any atom is -0.469 e. The Morgan fingerprint density at radius 2 is 1.88 bits per heavy atom. The van der Waals surface area contributed by atoms with Crippen molar-refractivity contribution in [3.05, 3.63) is 0 Å². The van der Waals surface area contributed by atoms with E-state index in [9.17, 15) is 4.79 Å². The van der Waals surface area contributed by atoms with Gasteiger partial charge in [-0.25, -0.2) is 0 Å². The van der Waals surface area contributed by atoms with E-state index in [0.29, 0.717) is 0 Å². The van der Waals surface area contributed by atoms with E-state index in [2.05, 4.69) is 17.1 Å². The average molecular weight is 226 g/mol. The van der Waals surface area contributed by atoms with Crippen LogP contribution in [0.3, 0.4) is 0 Å². The lowest BCUT2D eigenvalue weighted by Gasteiger charge is -2.28. The molecule has 4 heteroatoms. The van der Waals surface area contributed by atoms with Crippen LogP contribution < -0.4 is 5.32 Å². The summed E-state index contributed by atoms with van der Waals surface area (Å²) in [5, 5.41) is 3.43. The highest BCUT2D eigenvalue weighted by Gasteiger charge is 2.39. The molecule has 4 atom stereocenters. The molecule has 0 saturated carbocycles. The van der Waals surface area contributed by atoms with Crippen molar-refractivity contribution in [2.75, 3.05) is 33.3 Å². The molecule has 92 valence electrons. The predicted molar refractivity (Wildman–Crippen MR) is 62.1 cm³/mol. The molecule has 0 aromatic heterocycles. The van der Waals surface area contributed by atoms with Gasteiger partial charge in [0.25, 0.3) is 0 Å². The van der Waals surface area contributed by atoms with E-state index in [1.54, 1.807) is 0 Å². The lowest BCUT2D eigenvalue weighted by Crippen LogP contribution is -2.40. The first-order valence-electron chi connectivity index (χ1n) is 6.16. The Kier molecular flexibility index (Phi) is 3.50. The summed E-state index contributed by atoms with van der Waals surface area (Å²) in [5.41, 5.74) is 0. The molecule has 16 heavy (non-hydrogen) atoms. The third-order valence-electron chi connectivity index (χ3n) is 4.29. The number of fused-ring (bicyclic) bond motifs is 1. The van der Waals surface area contributed by atoms with Crippen LogP contribution in [0.2, 0.25) is 0 Å². The summed E-state index contributed by atoms with van der Waals surface area (Å²) in [4.78, 5) is 13.9. The number of ether oxygens (including phenoxy) is 1. The Bertz CT molecular complexity index is 258. The summed E-state index contributed by atoms with van der Waals surface area (Å²) in [6.45, 7) is 8.63. The van der Waals surface area contributed by atoms with Crippen LogP contribution in [-0.2, 0) is 9.53 Å². The van der Waals surface area contributed by atoms with Gasteiger partial charge in [0.2, 0.25) is 0 Å². The predicted octanol–water partition coefficient (Wildman–Crippen LogP) is 0.335.